The highest BCUT2D eigenvalue weighted by Crippen LogP contribution is 2.46. The van der Waals surface area contributed by atoms with Gasteiger partial charge in [0.1, 0.15) is 0 Å². The molecule has 59 heavy (non-hydrogen) atoms. The Morgan fingerprint density at radius 3 is 1.20 bits per heavy atom. The Balaban J connectivity index is 1.17. The van der Waals surface area contributed by atoms with Gasteiger partial charge in [-0.15, -0.1) is 0 Å². The maximum Gasteiger partial charge on any atom is 0.0541 e. The first-order chi connectivity index (χ1) is 29.0. The molecule has 0 saturated heterocycles. The van der Waals surface area contributed by atoms with Crippen molar-refractivity contribution in [3.05, 3.63) is 211 Å². The molecule has 0 amide bonds. The van der Waals surface area contributed by atoms with Crippen molar-refractivity contribution in [1.29, 1.82) is 0 Å². The SMILES string of the molecule is C/C=C(\C)c1ccc2c(-c3ccc(-c4ccc5c(c4)c4cc(-c6ccccc6)ccc4n5-c4ccccc4)cc3)c3cc(/C(C)=C/C)ccc3c(-c3ccccc3)c2c1. The van der Waals surface area contributed by atoms with Crippen molar-refractivity contribution in [1.82, 2.24) is 4.57 Å². The quantitative estimate of drug-likeness (QED) is 0.143. The molecule has 9 aromatic carbocycles. The van der Waals surface area contributed by atoms with E-state index >= 15 is 0 Å². The smallest absolute Gasteiger partial charge is 0.0541 e. The highest BCUT2D eigenvalue weighted by Gasteiger charge is 2.19. The van der Waals surface area contributed by atoms with E-state index in [9.17, 15) is 0 Å². The maximum absolute atomic E-state index is 2.41. The molecule has 282 valence electrons. The van der Waals surface area contributed by atoms with Gasteiger partial charge in [0.15, 0.2) is 0 Å². The van der Waals surface area contributed by atoms with E-state index in [4.69, 9.17) is 0 Å². The van der Waals surface area contributed by atoms with Crippen LogP contribution in [0.15, 0.2) is 200 Å². The maximum atomic E-state index is 2.41. The molecule has 1 aromatic heterocycles. The normalized spacial score (nSPS) is 12.3. The number of allylic oxidation sites excluding steroid dienone is 4. The summed E-state index contributed by atoms with van der Waals surface area (Å²) < 4.78 is 2.40. The molecule has 0 N–H and O–H groups in total. The Kier molecular flexibility index (Phi) is 9.15. The number of hydrogen-bond donors (Lipinski definition) is 0. The Morgan fingerprint density at radius 2 is 0.729 bits per heavy atom. The number of hydrogen-bond acceptors (Lipinski definition) is 0. The van der Waals surface area contributed by atoms with Gasteiger partial charge >= 0.3 is 0 Å². The highest BCUT2D eigenvalue weighted by atomic mass is 15.0. The van der Waals surface area contributed by atoms with Crippen molar-refractivity contribution in [2.75, 3.05) is 0 Å². The molecular formula is C58H45N. The molecule has 0 aliphatic heterocycles. The molecule has 1 nitrogen and oxygen atoms in total. The third-order valence-electron chi connectivity index (χ3n) is 12.3. The van der Waals surface area contributed by atoms with Crippen LogP contribution in [0.5, 0.6) is 0 Å². The first-order valence-electron chi connectivity index (χ1n) is 20.7. The van der Waals surface area contributed by atoms with Gasteiger partial charge in [-0.05, 0) is 165 Å². The van der Waals surface area contributed by atoms with Gasteiger partial charge in [0.25, 0.3) is 0 Å². The van der Waals surface area contributed by atoms with Gasteiger partial charge in [-0.2, -0.15) is 0 Å². The first kappa shape index (κ1) is 36.1. The van der Waals surface area contributed by atoms with Gasteiger partial charge in [0.2, 0.25) is 0 Å². The lowest BCUT2D eigenvalue weighted by molar-refractivity contribution is 1.18. The monoisotopic (exact) mass is 755 g/mol. The standard InChI is InChI=1S/C58H45N/c1-5-38(3)44-27-31-50-53(34-44)57(42-18-12-8-13-19-42)49-30-26-45(39(4)6-2)35-54(49)58(50)43-24-22-41(23-25-43)47-29-33-56-52(37-47)51-36-46(40-16-10-7-11-17-40)28-32-55(51)59(56)48-20-14-9-15-21-48/h5-37H,1-4H3/b38-5+,39-6+. The summed E-state index contributed by atoms with van der Waals surface area (Å²) in [6, 6.07) is 69.5. The fourth-order valence-corrected chi connectivity index (χ4v) is 8.98. The second-order valence-corrected chi connectivity index (χ2v) is 15.7. The van der Waals surface area contributed by atoms with Crippen LogP contribution in [0.25, 0.3) is 105 Å². The minimum absolute atomic E-state index is 1.16. The van der Waals surface area contributed by atoms with E-state index in [1.54, 1.807) is 0 Å². The van der Waals surface area contributed by atoms with Crippen molar-refractivity contribution in [2.45, 2.75) is 27.7 Å². The average molecular weight is 756 g/mol. The number of nitrogens with zero attached hydrogens (tertiary/aromatic N) is 1. The van der Waals surface area contributed by atoms with E-state index in [2.05, 4.69) is 232 Å². The Morgan fingerprint density at radius 1 is 0.339 bits per heavy atom. The zero-order valence-corrected chi connectivity index (χ0v) is 34.0. The summed E-state index contributed by atoms with van der Waals surface area (Å²) in [5.74, 6) is 0. The third kappa shape index (κ3) is 6.27. The zero-order chi connectivity index (χ0) is 40.0. The predicted molar refractivity (Wildman–Crippen MR) is 256 cm³/mol. The van der Waals surface area contributed by atoms with Crippen molar-refractivity contribution in [3.8, 4) is 50.2 Å². The molecule has 0 radical (unpaired) electrons. The number of para-hydroxylation sites is 1. The molecule has 0 aliphatic carbocycles. The summed E-state index contributed by atoms with van der Waals surface area (Å²) in [4.78, 5) is 0. The van der Waals surface area contributed by atoms with E-state index in [1.165, 1.54) is 110 Å². The van der Waals surface area contributed by atoms with E-state index in [1.807, 2.05) is 0 Å². The van der Waals surface area contributed by atoms with E-state index < -0.39 is 0 Å². The molecule has 10 aromatic rings. The second kappa shape index (κ2) is 14.9. The number of benzene rings is 9. The largest absolute Gasteiger partial charge is 0.309 e. The van der Waals surface area contributed by atoms with E-state index in [0.29, 0.717) is 0 Å². The highest BCUT2D eigenvalue weighted by molar-refractivity contribution is 6.22. The van der Waals surface area contributed by atoms with Crippen LogP contribution in [0.2, 0.25) is 0 Å². The zero-order valence-electron chi connectivity index (χ0n) is 34.0. The molecule has 0 spiro atoms. The average Bonchev–Trinajstić information content (AvgIpc) is 3.63. The molecule has 0 atom stereocenters. The van der Waals surface area contributed by atoms with Gasteiger partial charge in [-0.3, -0.25) is 0 Å². The number of aromatic nitrogens is 1. The van der Waals surface area contributed by atoms with Crippen LogP contribution < -0.4 is 0 Å². The minimum Gasteiger partial charge on any atom is -0.309 e. The summed E-state index contributed by atoms with van der Waals surface area (Å²) in [6.45, 7) is 8.66. The summed E-state index contributed by atoms with van der Waals surface area (Å²) in [5, 5.41) is 7.56. The van der Waals surface area contributed by atoms with Gasteiger partial charge < -0.3 is 4.57 Å². The molecular weight excluding hydrogens is 711 g/mol. The molecule has 1 heteroatoms. The predicted octanol–water partition coefficient (Wildman–Crippen LogP) is 16.6. The Hall–Kier alpha value is -7.22. The summed E-state index contributed by atoms with van der Waals surface area (Å²) >= 11 is 0. The molecule has 10 rings (SSSR count). The minimum atomic E-state index is 1.16. The van der Waals surface area contributed by atoms with Crippen LogP contribution in [-0.4, -0.2) is 4.57 Å². The van der Waals surface area contributed by atoms with Gasteiger partial charge in [-0.1, -0.05) is 152 Å². The molecule has 0 saturated carbocycles. The first-order valence-corrected chi connectivity index (χ1v) is 20.7. The van der Waals surface area contributed by atoms with Crippen LogP contribution in [0.3, 0.4) is 0 Å². The van der Waals surface area contributed by atoms with Crippen LogP contribution in [0.4, 0.5) is 0 Å². The van der Waals surface area contributed by atoms with Gasteiger partial charge in [0, 0.05) is 16.5 Å². The Bertz CT molecular complexity index is 3250. The number of rotatable bonds is 7. The van der Waals surface area contributed by atoms with Crippen LogP contribution in [-0.2, 0) is 0 Å². The van der Waals surface area contributed by atoms with Crippen molar-refractivity contribution >= 4 is 54.5 Å². The molecule has 0 bridgehead atoms. The molecule has 0 unspecified atom stereocenters. The van der Waals surface area contributed by atoms with E-state index in [-0.39, 0.29) is 0 Å². The number of fused-ring (bicyclic) bond motifs is 5. The van der Waals surface area contributed by atoms with Crippen molar-refractivity contribution in [2.24, 2.45) is 0 Å². The topological polar surface area (TPSA) is 4.93 Å². The van der Waals surface area contributed by atoms with Crippen LogP contribution in [0, 0.1) is 0 Å². The fourth-order valence-electron chi connectivity index (χ4n) is 8.98. The van der Waals surface area contributed by atoms with Crippen molar-refractivity contribution < 1.29 is 0 Å². The molecule has 1 heterocycles. The lowest BCUT2D eigenvalue weighted by atomic mass is 9.83. The molecule has 0 fully saturated rings. The molecule has 0 aliphatic rings. The summed E-state index contributed by atoms with van der Waals surface area (Å²) in [7, 11) is 0. The van der Waals surface area contributed by atoms with Gasteiger partial charge in [0.05, 0.1) is 11.0 Å². The van der Waals surface area contributed by atoms with Crippen molar-refractivity contribution in [3.63, 3.8) is 0 Å². The third-order valence-corrected chi connectivity index (χ3v) is 12.3. The lowest BCUT2D eigenvalue weighted by Gasteiger charge is -2.20. The van der Waals surface area contributed by atoms with Crippen LogP contribution >= 0.6 is 0 Å². The Labute approximate surface area is 346 Å². The van der Waals surface area contributed by atoms with E-state index in [0.717, 1.165) is 5.69 Å². The lowest BCUT2D eigenvalue weighted by Crippen LogP contribution is -1.94. The van der Waals surface area contributed by atoms with Gasteiger partial charge in [-0.25, -0.2) is 0 Å². The second-order valence-electron chi connectivity index (χ2n) is 15.7. The summed E-state index contributed by atoms with van der Waals surface area (Å²) in [6.07, 6.45) is 4.41. The summed E-state index contributed by atoms with van der Waals surface area (Å²) in [5.41, 5.74) is 18.4. The fraction of sp³-hybridized carbons (Fsp3) is 0.0690. The van der Waals surface area contributed by atoms with Crippen LogP contribution in [0.1, 0.15) is 38.8 Å².